The van der Waals surface area contributed by atoms with Gasteiger partial charge in [0, 0.05) is 13.2 Å². The Hall–Kier alpha value is -2.41. The van der Waals surface area contributed by atoms with Crippen molar-refractivity contribution in [2.24, 2.45) is 7.05 Å². The van der Waals surface area contributed by atoms with Crippen LogP contribution in [0.3, 0.4) is 0 Å². The number of rotatable bonds is 2. The monoisotopic (exact) mass is 282 g/mol. The minimum Gasteiger partial charge on any atom is -0.295 e. The first-order chi connectivity index (χ1) is 9.83. The summed E-state index contributed by atoms with van der Waals surface area (Å²) in [5.74, 6) is 0. The first-order valence-corrected chi connectivity index (χ1v) is 6.87. The third-order valence-corrected chi connectivity index (χ3v) is 4.09. The smallest absolute Gasteiger partial charge is 0.179 e. The SMILES string of the molecule is Cn1ncc2c(Sc3ncc4ccccn34)ncnc21. The molecule has 0 aliphatic heterocycles. The summed E-state index contributed by atoms with van der Waals surface area (Å²) >= 11 is 1.51. The van der Waals surface area contributed by atoms with E-state index >= 15 is 0 Å². The number of hydrogen-bond donors (Lipinski definition) is 0. The van der Waals surface area contributed by atoms with Gasteiger partial charge in [0.2, 0.25) is 0 Å². The lowest BCUT2D eigenvalue weighted by Crippen LogP contribution is -1.93. The van der Waals surface area contributed by atoms with Crippen molar-refractivity contribution in [3.63, 3.8) is 0 Å². The number of pyridine rings is 1. The molecule has 0 amide bonds. The van der Waals surface area contributed by atoms with Gasteiger partial charge in [0.1, 0.15) is 11.4 Å². The molecule has 0 N–H and O–H groups in total. The van der Waals surface area contributed by atoms with Crippen LogP contribution in [-0.4, -0.2) is 29.1 Å². The van der Waals surface area contributed by atoms with Crippen molar-refractivity contribution < 1.29 is 0 Å². The molecule has 6 nitrogen and oxygen atoms in total. The fourth-order valence-corrected chi connectivity index (χ4v) is 3.00. The summed E-state index contributed by atoms with van der Waals surface area (Å²) in [7, 11) is 1.87. The molecule has 0 bridgehead atoms. The Labute approximate surface area is 118 Å². The van der Waals surface area contributed by atoms with Gasteiger partial charge in [0.05, 0.1) is 23.3 Å². The van der Waals surface area contributed by atoms with Crippen molar-refractivity contribution in [3.05, 3.63) is 43.1 Å². The molecule has 0 spiro atoms. The van der Waals surface area contributed by atoms with Crippen LogP contribution < -0.4 is 0 Å². The topological polar surface area (TPSA) is 60.9 Å². The molecule has 0 fully saturated rings. The molecule has 0 radical (unpaired) electrons. The molecule has 0 saturated carbocycles. The highest BCUT2D eigenvalue weighted by Crippen LogP contribution is 2.30. The number of aryl methyl sites for hydroxylation is 1. The third-order valence-electron chi connectivity index (χ3n) is 3.09. The van der Waals surface area contributed by atoms with Crippen LogP contribution in [0.2, 0.25) is 0 Å². The van der Waals surface area contributed by atoms with Crippen LogP contribution in [0.1, 0.15) is 0 Å². The largest absolute Gasteiger partial charge is 0.295 e. The first kappa shape index (κ1) is 11.4. The maximum atomic E-state index is 4.44. The van der Waals surface area contributed by atoms with E-state index < -0.39 is 0 Å². The molecule has 4 aromatic rings. The summed E-state index contributed by atoms with van der Waals surface area (Å²) in [4.78, 5) is 13.0. The minimum absolute atomic E-state index is 0.823. The summed E-state index contributed by atoms with van der Waals surface area (Å²) in [6.45, 7) is 0. The molecule has 20 heavy (non-hydrogen) atoms. The number of imidazole rings is 1. The Morgan fingerprint density at radius 3 is 3.00 bits per heavy atom. The predicted molar refractivity (Wildman–Crippen MR) is 75.6 cm³/mol. The molecule has 7 heteroatoms. The van der Waals surface area contributed by atoms with Gasteiger partial charge in [0.15, 0.2) is 10.8 Å². The molecule has 0 saturated heterocycles. The Kier molecular flexibility index (Phi) is 2.46. The average molecular weight is 282 g/mol. The second kappa shape index (κ2) is 4.31. The van der Waals surface area contributed by atoms with E-state index in [0.717, 1.165) is 26.7 Å². The van der Waals surface area contributed by atoms with Crippen molar-refractivity contribution in [2.45, 2.75) is 10.2 Å². The number of aromatic nitrogens is 6. The Morgan fingerprint density at radius 1 is 1.10 bits per heavy atom. The molecule has 4 rings (SSSR count). The van der Waals surface area contributed by atoms with Crippen LogP contribution in [-0.2, 0) is 7.05 Å². The second-order valence-electron chi connectivity index (χ2n) is 4.32. The van der Waals surface area contributed by atoms with Crippen molar-refractivity contribution in [1.82, 2.24) is 29.1 Å². The number of nitrogens with zero attached hydrogens (tertiary/aromatic N) is 6. The summed E-state index contributed by atoms with van der Waals surface area (Å²) in [5, 5.41) is 6.90. The summed E-state index contributed by atoms with van der Waals surface area (Å²) in [6, 6.07) is 6.00. The molecule has 0 aromatic carbocycles. The fourth-order valence-electron chi connectivity index (χ4n) is 2.10. The zero-order valence-corrected chi connectivity index (χ0v) is 11.4. The molecule has 4 heterocycles. The second-order valence-corrected chi connectivity index (χ2v) is 5.28. The maximum Gasteiger partial charge on any atom is 0.179 e. The molecular weight excluding hydrogens is 272 g/mol. The predicted octanol–water partition coefficient (Wildman–Crippen LogP) is 2.16. The van der Waals surface area contributed by atoms with Gasteiger partial charge in [-0.3, -0.25) is 9.08 Å². The minimum atomic E-state index is 0.823. The van der Waals surface area contributed by atoms with Gasteiger partial charge in [-0.2, -0.15) is 5.10 Å². The Balaban J connectivity index is 1.85. The lowest BCUT2D eigenvalue weighted by molar-refractivity contribution is 0.784. The van der Waals surface area contributed by atoms with E-state index in [4.69, 9.17) is 0 Å². The highest BCUT2D eigenvalue weighted by atomic mass is 32.2. The van der Waals surface area contributed by atoms with E-state index in [2.05, 4.69) is 20.1 Å². The van der Waals surface area contributed by atoms with Gasteiger partial charge >= 0.3 is 0 Å². The third kappa shape index (κ3) is 1.67. The summed E-state index contributed by atoms with van der Waals surface area (Å²) < 4.78 is 3.78. The van der Waals surface area contributed by atoms with Crippen LogP contribution in [0.15, 0.2) is 53.3 Å². The molecule has 0 aliphatic rings. The van der Waals surface area contributed by atoms with Gasteiger partial charge in [0.25, 0.3) is 0 Å². The number of fused-ring (bicyclic) bond motifs is 2. The summed E-state index contributed by atoms with van der Waals surface area (Å²) in [5.41, 5.74) is 1.88. The Morgan fingerprint density at radius 2 is 2.05 bits per heavy atom. The quantitative estimate of drug-likeness (QED) is 0.527. The van der Waals surface area contributed by atoms with Crippen molar-refractivity contribution >= 4 is 28.3 Å². The maximum absolute atomic E-state index is 4.44. The van der Waals surface area contributed by atoms with Crippen LogP contribution in [0.5, 0.6) is 0 Å². The zero-order chi connectivity index (χ0) is 13.5. The standard InChI is InChI=1S/C13H10N6S/c1-18-11-10(7-17-18)12(16-8-15-11)20-13-14-6-9-4-2-3-5-19(9)13/h2-8H,1H3. The van der Waals surface area contributed by atoms with E-state index in [1.54, 1.807) is 17.2 Å². The first-order valence-electron chi connectivity index (χ1n) is 6.05. The van der Waals surface area contributed by atoms with Gasteiger partial charge < -0.3 is 0 Å². The van der Waals surface area contributed by atoms with E-state index in [1.807, 2.05) is 42.0 Å². The fraction of sp³-hybridized carbons (Fsp3) is 0.0769. The normalized spacial score (nSPS) is 11.4. The van der Waals surface area contributed by atoms with Gasteiger partial charge in [-0.15, -0.1) is 0 Å². The molecule has 0 unspecified atom stereocenters. The van der Waals surface area contributed by atoms with Gasteiger partial charge in [-0.1, -0.05) is 6.07 Å². The molecular formula is C13H10N6S. The highest BCUT2D eigenvalue weighted by molar-refractivity contribution is 7.99. The Bertz CT molecular complexity index is 909. The van der Waals surface area contributed by atoms with Crippen LogP contribution >= 0.6 is 11.8 Å². The summed E-state index contributed by atoms with van der Waals surface area (Å²) in [6.07, 6.45) is 7.19. The van der Waals surface area contributed by atoms with E-state index in [-0.39, 0.29) is 0 Å². The number of hydrogen-bond acceptors (Lipinski definition) is 5. The van der Waals surface area contributed by atoms with Crippen molar-refractivity contribution in [3.8, 4) is 0 Å². The molecule has 0 atom stereocenters. The zero-order valence-electron chi connectivity index (χ0n) is 10.6. The van der Waals surface area contributed by atoms with Crippen molar-refractivity contribution in [1.29, 1.82) is 0 Å². The van der Waals surface area contributed by atoms with E-state index in [1.165, 1.54) is 11.8 Å². The van der Waals surface area contributed by atoms with Gasteiger partial charge in [-0.25, -0.2) is 15.0 Å². The molecule has 98 valence electrons. The highest BCUT2D eigenvalue weighted by Gasteiger charge is 2.12. The van der Waals surface area contributed by atoms with Crippen LogP contribution in [0.25, 0.3) is 16.6 Å². The van der Waals surface area contributed by atoms with Crippen molar-refractivity contribution in [2.75, 3.05) is 0 Å². The van der Waals surface area contributed by atoms with Gasteiger partial charge in [-0.05, 0) is 23.9 Å². The van der Waals surface area contributed by atoms with Crippen LogP contribution in [0, 0.1) is 0 Å². The van der Waals surface area contributed by atoms with E-state index in [9.17, 15) is 0 Å². The molecule has 4 aromatic heterocycles. The average Bonchev–Trinajstić information content (AvgIpc) is 3.05. The van der Waals surface area contributed by atoms with E-state index in [0.29, 0.717) is 0 Å². The lowest BCUT2D eigenvalue weighted by Gasteiger charge is -2.01. The van der Waals surface area contributed by atoms with Crippen LogP contribution in [0.4, 0.5) is 0 Å². The molecule has 0 aliphatic carbocycles. The lowest BCUT2D eigenvalue weighted by atomic mass is 10.4.